The van der Waals surface area contributed by atoms with Crippen LogP contribution < -0.4 is 5.73 Å². The average Bonchev–Trinajstić information content (AvgIpc) is 3.46. The van der Waals surface area contributed by atoms with Crippen LogP contribution in [0.15, 0.2) is 83.0 Å². The largest absolute Gasteiger partial charge is 0.477 e. The fraction of sp³-hybridized carbons (Fsp3) is 0.214. The Morgan fingerprint density at radius 1 is 1.10 bits per heavy atom. The van der Waals surface area contributed by atoms with Gasteiger partial charge in [0.05, 0.1) is 0 Å². The molecule has 1 saturated heterocycles. The minimum atomic E-state index is -1.25. The van der Waals surface area contributed by atoms with Gasteiger partial charge in [-0.3, -0.25) is 9.69 Å². The van der Waals surface area contributed by atoms with Crippen LogP contribution in [0.4, 0.5) is 0 Å². The van der Waals surface area contributed by atoms with Crippen LogP contribution in [0.5, 0.6) is 0 Å². The fourth-order valence-electron chi connectivity index (χ4n) is 4.75. The number of aliphatic hydroxyl groups excluding tert-OH is 1. The second-order valence-corrected chi connectivity index (χ2v) is 11.6. The van der Waals surface area contributed by atoms with Gasteiger partial charge in [0.25, 0.3) is 5.78 Å². The number of β-lactam (4-membered cyclic amide) rings is 1. The molecule has 0 radical (unpaired) electrons. The molecule has 2 aliphatic rings. The van der Waals surface area contributed by atoms with E-state index in [1.807, 2.05) is 60.7 Å². The maximum Gasteiger partial charge on any atom is 0.356 e. The second kappa shape index (κ2) is 11.6. The molecule has 2 atom stereocenters. The smallest absolute Gasteiger partial charge is 0.356 e. The molecule has 2 aliphatic heterocycles. The van der Waals surface area contributed by atoms with E-state index in [9.17, 15) is 24.6 Å². The molecule has 6 rings (SSSR count). The number of amides is 1. The highest BCUT2D eigenvalue weighted by Crippen LogP contribution is 2.42. The van der Waals surface area contributed by atoms with Crippen LogP contribution in [0.25, 0.3) is 5.78 Å². The van der Waals surface area contributed by atoms with E-state index in [0.29, 0.717) is 16.4 Å². The lowest BCUT2D eigenvalue weighted by Crippen LogP contribution is -2.68. The van der Waals surface area contributed by atoms with E-state index in [-0.39, 0.29) is 34.7 Å². The molecule has 42 heavy (non-hydrogen) atoms. The van der Waals surface area contributed by atoms with E-state index < -0.39 is 36.1 Å². The van der Waals surface area contributed by atoms with Gasteiger partial charge in [0.2, 0.25) is 5.91 Å². The third kappa shape index (κ3) is 5.13. The van der Waals surface area contributed by atoms with Crippen molar-refractivity contribution in [1.29, 1.82) is 0 Å². The van der Waals surface area contributed by atoms with Gasteiger partial charge in [-0.15, -0.1) is 28.6 Å². The number of nitrogens with two attached hydrogens (primary N) is 1. The topological polar surface area (TPSA) is 173 Å². The van der Waals surface area contributed by atoms with Gasteiger partial charge in [-0.05, 0) is 16.7 Å². The lowest BCUT2D eigenvalue weighted by Gasteiger charge is -2.48. The summed E-state index contributed by atoms with van der Waals surface area (Å²) in [5.41, 5.74) is 8.11. The van der Waals surface area contributed by atoms with Crippen molar-refractivity contribution < 1.29 is 29.3 Å². The van der Waals surface area contributed by atoms with E-state index in [2.05, 4.69) is 15.1 Å². The first-order valence-electron chi connectivity index (χ1n) is 12.8. The molecule has 4 aromatic rings. The van der Waals surface area contributed by atoms with Crippen LogP contribution in [0.3, 0.4) is 0 Å². The molecule has 0 aliphatic carbocycles. The predicted octanol–water partition coefficient (Wildman–Crippen LogP) is 2.24. The second-order valence-electron chi connectivity index (χ2n) is 9.47. The number of aromatic nitrogens is 4. The Bertz CT molecular complexity index is 1670. The molecule has 4 heterocycles. The van der Waals surface area contributed by atoms with Crippen LogP contribution in [-0.2, 0) is 20.9 Å². The number of aliphatic hydroxyl groups is 1. The normalized spacial score (nSPS) is 18.3. The number of benzene rings is 2. The molecular weight excluding hydrogens is 580 g/mol. The highest BCUT2D eigenvalue weighted by atomic mass is 32.2. The number of hydrogen-bond acceptors (Lipinski definition) is 11. The molecule has 14 heteroatoms. The number of aromatic carboxylic acids is 1. The van der Waals surface area contributed by atoms with Gasteiger partial charge in [0, 0.05) is 17.6 Å². The zero-order chi connectivity index (χ0) is 29.4. The third-order valence-electron chi connectivity index (χ3n) is 6.79. The first kappa shape index (κ1) is 27.9. The molecule has 214 valence electrons. The number of carbonyl (C=O) groups excluding carboxylic acids is 2. The Morgan fingerprint density at radius 2 is 1.76 bits per heavy atom. The standard InChI is InChI=1S/C28H24N6O6S2/c29-21-24(36)33-22(27(39)40-23(15-7-3-1-4-8-15)16-9-5-2-6-10-16)17(14-42-25(21)33)13-41-20-11-18(26(37)38)30-28-31-19(12-35)32-34(20)28/h1-11,21,23,25,35H,12-14,29H2,(H,37,38)/t21?,25-/m0/s1. The molecule has 2 aromatic heterocycles. The Hall–Kier alpha value is -4.24. The van der Waals surface area contributed by atoms with Crippen molar-refractivity contribution in [1.82, 2.24) is 24.5 Å². The average molecular weight is 605 g/mol. The summed E-state index contributed by atoms with van der Waals surface area (Å²) in [5, 5.41) is 23.2. The van der Waals surface area contributed by atoms with E-state index in [1.165, 1.54) is 39.0 Å². The number of esters is 1. The molecular formula is C28H24N6O6S2. The molecule has 12 nitrogen and oxygen atoms in total. The van der Waals surface area contributed by atoms with E-state index in [4.69, 9.17) is 10.5 Å². The van der Waals surface area contributed by atoms with Crippen molar-refractivity contribution in [3.05, 3.63) is 101 Å². The van der Waals surface area contributed by atoms with Crippen molar-refractivity contribution in [2.45, 2.75) is 29.2 Å². The van der Waals surface area contributed by atoms with Gasteiger partial charge >= 0.3 is 11.9 Å². The lowest BCUT2D eigenvalue weighted by atomic mass is 10.0. The highest BCUT2D eigenvalue weighted by Gasteiger charge is 2.52. The number of hydrogen-bond donors (Lipinski definition) is 3. The summed E-state index contributed by atoms with van der Waals surface area (Å²) in [4.78, 5) is 48.0. The SMILES string of the molecule is NC1C(=O)N2C(C(=O)OC(c3ccccc3)c3ccccc3)=C(CSc3cc(C(=O)O)nc4nc(CO)nn34)CS[C@@H]12. The Kier molecular flexibility index (Phi) is 7.68. The van der Waals surface area contributed by atoms with Crippen LogP contribution >= 0.6 is 23.5 Å². The fourth-order valence-corrected chi connectivity index (χ4v) is 7.17. The summed E-state index contributed by atoms with van der Waals surface area (Å²) in [6.45, 7) is -0.448. The Morgan fingerprint density at radius 3 is 2.38 bits per heavy atom. The van der Waals surface area contributed by atoms with Gasteiger partial charge < -0.3 is 20.7 Å². The Balaban J connectivity index is 1.36. The quantitative estimate of drug-likeness (QED) is 0.110. The van der Waals surface area contributed by atoms with E-state index >= 15 is 0 Å². The molecule has 4 N–H and O–H groups in total. The third-order valence-corrected chi connectivity index (χ3v) is 9.23. The van der Waals surface area contributed by atoms with E-state index in [0.717, 1.165) is 11.1 Å². The molecule has 0 spiro atoms. The van der Waals surface area contributed by atoms with Gasteiger partial charge in [0.15, 0.2) is 17.6 Å². The van der Waals surface area contributed by atoms with Gasteiger partial charge in [-0.2, -0.15) is 9.50 Å². The maximum atomic E-state index is 13.9. The number of ether oxygens (including phenoxy) is 1. The summed E-state index contributed by atoms with van der Waals surface area (Å²) in [5.74, 6) is -1.58. The van der Waals surface area contributed by atoms with Crippen LogP contribution in [-0.4, -0.2) is 75.5 Å². The molecule has 0 bridgehead atoms. The lowest BCUT2D eigenvalue weighted by molar-refractivity contribution is -0.153. The van der Waals surface area contributed by atoms with Gasteiger partial charge in [-0.1, -0.05) is 60.7 Å². The number of carboxylic acids is 1. The Labute approximate surface area is 247 Å². The number of carboxylic acid groups (broad SMARTS) is 1. The summed E-state index contributed by atoms with van der Waals surface area (Å²) in [7, 11) is 0. The van der Waals surface area contributed by atoms with Gasteiger partial charge in [0.1, 0.15) is 28.7 Å². The van der Waals surface area contributed by atoms with Crippen LogP contribution in [0.2, 0.25) is 0 Å². The molecule has 2 aromatic carbocycles. The van der Waals surface area contributed by atoms with Crippen molar-refractivity contribution in [2.24, 2.45) is 5.73 Å². The zero-order valence-corrected chi connectivity index (χ0v) is 23.5. The summed E-state index contributed by atoms with van der Waals surface area (Å²) in [6, 6.07) is 19.3. The highest BCUT2D eigenvalue weighted by molar-refractivity contribution is 8.01. The van der Waals surface area contributed by atoms with Crippen molar-refractivity contribution in [2.75, 3.05) is 11.5 Å². The van der Waals surface area contributed by atoms with Crippen LogP contribution in [0, 0.1) is 0 Å². The number of fused-ring (bicyclic) bond motifs is 2. The maximum absolute atomic E-state index is 13.9. The van der Waals surface area contributed by atoms with Gasteiger partial charge in [-0.25, -0.2) is 14.6 Å². The van der Waals surface area contributed by atoms with Crippen molar-refractivity contribution in [3.63, 3.8) is 0 Å². The van der Waals surface area contributed by atoms with E-state index in [1.54, 1.807) is 0 Å². The van der Waals surface area contributed by atoms with Crippen molar-refractivity contribution in [3.8, 4) is 0 Å². The molecule has 1 unspecified atom stereocenters. The summed E-state index contributed by atoms with van der Waals surface area (Å²) < 4.78 is 7.47. The number of rotatable bonds is 9. The first-order valence-corrected chi connectivity index (χ1v) is 14.9. The predicted molar refractivity (Wildman–Crippen MR) is 153 cm³/mol. The molecule has 1 amide bonds. The number of nitrogens with zero attached hydrogens (tertiary/aromatic N) is 5. The molecule has 1 fully saturated rings. The number of thioether (sulfide) groups is 2. The summed E-state index contributed by atoms with van der Waals surface area (Å²) >= 11 is 2.65. The minimum Gasteiger partial charge on any atom is -0.477 e. The van der Waals surface area contributed by atoms with Crippen LogP contribution in [0.1, 0.15) is 33.5 Å². The first-order chi connectivity index (χ1) is 20.4. The number of carbonyl (C=O) groups is 3. The zero-order valence-electron chi connectivity index (χ0n) is 21.9. The molecule has 0 saturated carbocycles. The summed E-state index contributed by atoms with van der Waals surface area (Å²) in [6.07, 6.45) is -0.718. The van der Waals surface area contributed by atoms with Crippen molar-refractivity contribution >= 4 is 47.1 Å². The monoisotopic (exact) mass is 604 g/mol. The minimum absolute atomic E-state index is 0.0191.